The quantitative estimate of drug-likeness (QED) is 0.704. The number of nitrogens with one attached hydrogen (secondary N) is 2. The minimum absolute atomic E-state index is 0.0685. The second-order valence-corrected chi connectivity index (χ2v) is 6.97. The van der Waals surface area contributed by atoms with Gasteiger partial charge in [-0.05, 0) is 40.5 Å². The van der Waals surface area contributed by atoms with E-state index in [4.69, 9.17) is 15.2 Å². The Morgan fingerprint density at radius 1 is 1.44 bits per heavy atom. The topological polar surface area (TPSA) is 123 Å². The van der Waals surface area contributed by atoms with E-state index in [9.17, 15) is 9.59 Å². The van der Waals surface area contributed by atoms with Crippen LogP contribution in [-0.4, -0.2) is 53.4 Å². The van der Waals surface area contributed by atoms with Gasteiger partial charge >= 0.3 is 12.1 Å². The molecule has 9 heteroatoms. The molecule has 1 amide bonds. The van der Waals surface area contributed by atoms with Gasteiger partial charge in [-0.3, -0.25) is 0 Å². The molecule has 1 unspecified atom stereocenters. The van der Waals surface area contributed by atoms with Gasteiger partial charge in [0.05, 0.1) is 6.61 Å². The molecule has 0 spiro atoms. The van der Waals surface area contributed by atoms with Gasteiger partial charge in [0.25, 0.3) is 0 Å². The van der Waals surface area contributed by atoms with Crippen molar-refractivity contribution >= 4 is 23.8 Å². The molecule has 1 fully saturated rings. The Labute approximate surface area is 147 Å². The molecule has 25 heavy (non-hydrogen) atoms. The van der Waals surface area contributed by atoms with E-state index in [0.717, 1.165) is 19.4 Å². The van der Waals surface area contributed by atoms with Gasteiger partial charge in [-0.1, -0.05) is 0 Å². The lowest BCUT2D eigenvalue weighted by molar-refractivity contribution is 0.0496. The number of nitrogens with two attached hydrogens (primary N) is 1. The van der Waals surface area contributed by atoms with Crippen LogP contribution in [0.4, 0.5) is 16.6 Å². The number of H-pyrrole nitrogens is 1. The van der Waals surface area contributed by atoms with Gasteiger partial charge in [0, 0.05) is 19.1 Å². The van der Waals surface area contributed by atoms with E-state index in [-0.39, 0.29) is 24.2 Å². The lowest BCUT2D eigenvalue weighted by Crippen LogP contribution is -2.49. The molecule has 2 rings (SSSR count). The molecule has 0 radical (unpaired) electrons. The first-order valence-electron chi connectivity index (χ1n) is 8.46. The zero-order chi connectivity index (χ0) is 18.6. The first kappa shape index (κ1) is 18.9. The van der Waals surface area contributed by atoms with Crippen molar-refractivity contribution in [2.75, 3.05) is 30.3 Å². The van der Waals surface area contributed by atoms with Crippen LogP contribution < -0.4 is 16.0 Å². The Hall–Kier alpha value is -2.45. The minimum Gasteiger partial charge on any atom is -0.461 e. The van der Waals surface area contributed by atoms with Crippen molar-refractivity contribution in [2.45, 2.75) is 52.2 Å². The lowest BCUT2D eigenvalue weighted by atomic mass is 10.1. The summed E-state index contributed by atoms with van der Waals surface area (Å²) in [5, 5.41) is 2.87. The predicted octanol–water partition coefficient (Wildman–Crippen LogP) is 1.66. The summed E-state index contributed by atoms with van der Waals surface area (Å²) in [6.07, 6.45) is 1.28. The monoisotopic (exact) mass is 353 g/mol. The van der Waals surface area contributed by atoms with Crippen LogP contribution in [-0.2, 0) is 9.47 Å². The third kappa shape index (κ3) is 5.27. The number of carbonyl (C=O) groups excluding carboxylic acids is 2. The standard InChI is InChI=1S/C16H27N5O4/c1-5-24-13(22)11-12(17)20-14(19-11)21-8-6-7-10(9-21)18-15(23)25-16(2,3)4/h10H,5-9,17H2,1-4H3,(H,18,23)(H,19,20). The van der Waals surface area contributed by atoms with E-state index in [1.165, 1.54) is 0 Å². The van der Waals surface area contributed by atoms with Crippen molar-refractivity contribution in [3.05, 3.63) is 5.69 Å². The van der Waals surface area contributed by atoms with Crippen molar-refractivity contribution in [3.63, 3.8) is 0 Å². The molecule has 1 aliphatic rings. The highest BCUT2D eigenvalue weighted by molar-refractivity contribution is 5.92. The molecule has 0 bridgehead atoms. The number of imidazole rings is 1. The first-order chi connectivity index (χ1) is 11.7. The van der Waals surface area contributed by atoms with Gasteiger partial charge in [-0.15, -0.1) is 0 Å². The third-order valence-electron chi connectivity index (χ3n) is 3.64. The van der Waals surface area contributed by atoms with Crippen LogP contribution in [0, 0.1) is 0 Å². The summed E-state index contributed by atoms with van der Waals surface area (Å²) in [7, 11) is 0. The van der Waals surface area contributed by atoms with Crippen LogP contribution in [0.25, 0.3) is 0 Å². The summed E-state index contributed by atoms with van der Waals surface area (Å²) in [6.45, 7) is 8.75. The molecule has 1 atom stereocenters. The molecule has 140 valence electrons. The number of amides is 1. The molecule has 9 nitrogen and oxygen atoms in total. The van der Waals surface area contributed by atoms with Gasteiger partial charge in [-0.25, -0.2) is 9.59 Å². The van der Waals surface area contributed by atoms with Crippen LogP contribution in [0.3, 0.4) is 0 Å². The van der Waals surface area contributed by atoms with Crippen molar-refractivity contribution in [1.29, 1.82) is 0 Å². The van der Waals surface area contributed by atoms with Crippen molar-refractivity contribution in [3.8, 4) is 0 Å². The third-order valence-corrected chi connectivity index (χ3v) is 3.64. The van der Waals surface area contributed by atoms with Crippen molar-refractivity contribution in [2.24, 2.45) is 0 Å². The summed E-state index contributed by atoms with van der Waals surface area (Å²) in [5.74, 6) is 0.0751. The van der Waals surface area contributed by atoms with Gasteiger partial charge in [0.2, 0.25) is 5.95 Å². The van der Waals surface area contributed by atoms with Crippen LogP contribution in [0.1, 0.15) is 51.0 Å². The fourth-order valence-electron chi connectivity index (χ4n) is 2.64. The Kier molecular flexibility index (Phi) is 5.76. The van der Waals surface area contributed by atoms with E-state index in [0.29, 0.717) is 12.5 Å². The molecule has 0 aliphatic carbocycles. The minimum atomic E-state index is -0.539. The smallest absolute Gasteiger partial charge is 0.407 e. The highest BCUT2D eigenvalue weighted by Crippen LogP contribution is 2.21. The molecule has 1 aromatic heterocycles. The van der Waals surface area contributed by atoms with E-state index < -0.39 is 17.7 Å². The van der Waals surface area contributed by atoms with Crippen LogP contribution >= 0.6 is 0 Å². The molecule has 0 saturated carbocycles. The number of aromatic amines is 1. The number of rotatable bonds is 4. The Morgan fingerprint density at radius 2 is 2.16 bits per heavy atom. The second kappa shape index (κ2) is 7.62. The number of nitrogen functional groups attached to an aromatic ring is 1. The molecule has 1 aliphatic heterocycles. The fourth-order valence-corrected chi connectivity index (χ4v) is 2.64. The highest BCUT2D eigenvalue weighted by atomic mass is 16.6. The summed E-state index contributed by atoms with van der Waals surface area (Å²) in [5.41, 5.74) is 5.42. The van der Waals surface area contributed by atoms with Crippen LogP contribution in [0.2, 0.25) is 0 Å². The number of alkyl carbamates (subject to hydrolysis) is 1. The van der Waals surface area contributed by atoms with E-state index >= 15 is 0 Å². The number of ether oxygens (including phenoxy) is 2. The summed E-state index contributed by atoms with van der Waals surface area (Å²) in [6, 6.07) is -0.0685. The van der Waals surface area contributed by atoms with E-state index in [1.807, 2.05) is 25.7 Å². The average Bonchev–Trinajstić information content (AvgIpc) is 2.88. The van der Waals surface area contributed by atoms with Crippen LogP contribution in [0.5, 0.6) is 0 Å². The maximum atomic E-state index is 11.9. The number of carbonyl (C=O) groups is 2. The SMILES string of the molecule is CCOC(=O)c1[nH]c(N2CCCC(NC(=O)OC(C)(C)C)C2)nc1N. The fraction of sp³-hybridized carbons (Fsp3) is 0.688. The molecular weight excluding hydrogens is 326 g/mol. The molecule has 4 N–H and O–H groups in total. The molecule has 0 aromatic carbocycles. The van der Waals surface area contributed by atoms with Crippen LogP contribution in [0.15, 0.2) is 0 Å². The van der Waals surface area contributed by atoms with E-state index in [2.05, 4.69) is 15.3 Å². The average molecular weight is 353 g/mol. The van der Waals surface area contributed by atoms with Gasteiger partial charge < -0.3 is 30.4 Å². The molecule has 1 aromatic rings. The second-order valence-electron chi connectivity index (χ2n) is 6.97. The van der Waals surface area contributed by atoms with Gasteiger partial charge in [-0.2, -0.15) is 4.98 Å². The van der Waals surface area contributed by atoms with Gasteiger partial charge in [0.15, 0.2) is 11.5 Å². The number of piperidine rings is 1. The summed E-state index contributed by atoms with van der Waals surface area (Å²) < 4.78 is 10.2. The number of esters is 1. The molecule has 2 heterocycles. The maximum absolute atomic E-state index is 11.9. The number of hydrogen-bond acceptors (Lipinski definition) is 7. The normalized spacial score (nSPS) is 17.9. The zero-order valence-electron chi connectivity index (χ0n) is 15.2. The highest BCUT2D eigenvalue weighted by Gasteiger charge is 2.27. The summed E-state index contributed by atoms with van der Waals surface area (Å²) in [4.78, 5) is 32.9. The Bertz CT molecular complexity index is 623. The molecular formula is C16H27N5O4. The molecule has 1 saturated heterocycles. The van der Waals surface area contributed by atoms with Gasteiger partial charge in [0.1, 0.15) is 5.60 Å². The lowest BCUT2D eigenvalue weighted by Gasteiger charge is -2.33. The largest absolute Gasteiger partial charge is 0.461 e. The number of aromatic nitrogens is 2. The first-order valence-corrected chi connectivity index (χ1v) is 8.46. The number of anilines is 2. The van der Waals surface area contributed by atoms with Crippen molar-refractivity contribution < 1.29 is 19.1 Å². The van der Waals surface area contributed by atoms with Crippen molar-refractivity contribution in [1.82, 2.24) is 15.3 Å². The summed E-state index contributed by atoms with van der Waals surface area (Å²) >= 11 is 0. The number of hydrogen-bond donors (Lipinski definition) is 3. The Morgan fingerprint density at radius 3 is 2.80 bits per heavy atom. The zero-order valence-corrected chi connectivity index (χ0v) is 15.2. The predicted molar refractivity (Wildman–Crippen MR) is 93.6 cm³/mol. The Balaban J connectivity index is 2.00. The van der Waals surface area contributed by atoms with E-state index in [1.54, 1.807) is 6.92 Å². The maximum Gasteiger partial charge on any atom is 0.407 e. The number of nitrogens with zero attached hydrogens (tertiary/aromatic N) is 2.